The van der Waals surface area contributed by atoms with E-state index in [1.54, 1.807) is 29.6 Å². The number of nitroso groups, excluding NO2 is 1. The number of carbonyl (C=O) groups is 2. The molecule has 0 unspecified atom stereocenters. The number of aromatic nitrogens is 3. The van der Waals surface area contributed by atoms with Crippen molar-refractivity contribution in [1.82, 2.24) is 20.0 Å². The van der Waals surface area contributed by atoms with Gasteiger partial charge in [-0.25, -0.2) is 4.98 Å². The van der Waals surface area contributed by atoms with Gasteiger partial charge in [0.05, 0.1) is 35.1 Å². The lowest BCUT2D eigenvalue weighted by molar-refractivity contribution is -0.578. The van der Waals surface area contributed by atoms with Crippen molar-refractivity contribution in [3.8, 4) is 22.4 Å². The quantitative estimate of drug-likeness (QED) is 0.358. The maximum atomic E-state index is 13.0. The molecule has 13 heteroatoms. The van der Waals surface area contributed by atoms with Crippen LogP contribution < -0.4 is 10.6 Å². The molecular formula is C23H18F3N6O3S+. The van der Waals surface area contributed by atoms with Gasteiger partial charge in [0.2, 0.25) is 13.0 Å². The van der Waals surface area contributed by atoms with E-state index >= 15 is 0 Å². The summed E-state index contributed by atoms with van der Waals surface area (Å²) < 4.78 is 40.2. The van der Waals surface area contributed by atoms with Gasteiger partial charge in [0.25, 0.3) is 5.91 Å². The van der Waals surface area contributed by atoms with Crippen molar-refractivity contribution in [2.75, 3.05) is 18.9 Å². The number of hydrogen-bond donors (Lipinski definition) is 2. The summed E-state index contributed by atoms with van der Waals surface area (Å²) in [6.45, 7) is -0.314. The number of nitrogens with zero attached hydrogens (tertiary/aromatic N) is 4. The number of carbonyl (C=O) groups excluding carboxylic acids is 2. The number of hydrogen-bond acceptors (Lipinski definition) is 6. The fourth-order valence-corrected chi connectivity index (χ4v) is 3.94. The number of thiazole rings is 1. The molecule has 0 saturated carbocycles. The van der Waals surface area contributed by atoms with Crippen LogP contribution in [-0.4, -0.2) is 44.9 Å². The monoisotopic (exact) mass is 515 g/mol. The van der Waals surface area contributed by atoms with Crippen molar-refractivity contribution in [2.45, 2.75) is 6.18 Å². The van der Waals surface area contributed by atoms with Crippen molar-refractivity contribution in [2.24, 2.45) is 0 Å². The number of anilines is 1. The maximum Gasteiger partial charge on any atom is 0.433 e. The first-order valence-corrected chi connectivity index (χ1v) is 11.2. The molecule has 0 saturated heterocycles. The molecule has 1 aromatic carbocycles. The molecule has 2 N–H and O–H groups in total. The van der Waals surface area contributed by atoms with Gasteiger partial charge in [-0.2, -0.15) is 13.2 Å². The van der Waals surface area contributed by atoms with Crippen LogP contribution in [0.5, 0.6) is 0 Å². The standard InChI is InChI=1S/C23H17F3N6O3S/c1-31(35)32-8-6-17(12-32)21(34)28-11-20(33)30-22-29-18(13-36-22)16-4-2-3-14(9-16)15-5-7-27-19(10-15)23(24,25)26/h2-10,12-13H,11H2,1H3,(H-,28,29,30,33,34)/p+1. The average molecular weight is 515 g/mol. The summed E-state index contributed by atoms with van der Waals surface area (Å²) in [6, 6.07) is 10.7. The molecule has 9 nitrogen and oxygen atoms in total. The predicted molar refractivity (Wildman–Crippen MR) is 126 cm³/mol. The van der Waals surface area contributed by atoms with Gasteiger partial charge in [0, 0.05) is 17.1 Å². The predicted octanol–water partition coefficient (Wildman–Crippen LogP) is 4.23. The fourth-order valence-electron chi connectivity index (χ4n) is 3.21. The van der Waals surface area contributed by atoms with Crippen molar-refractivity contribution in [1.29, 1.82) is 0 Å². The minimum Gasteiger partial charge on any atom is -0.343 e. The molecule has 0 fully saturated rings. The van der Waals surface area contributed by atoms with Crippen LogP contribution in [0.3, 0.4) is 0 Å². The Bertz CT molecular complexity index is 1450. The Hall–Kier alpha value is -4.39. The van der Waals surface area contributed by atoms with Gasteiger partial charge in [-0.1, -0.05) is 22.9 Å². The minimum absolute atomic E-state index is 0.221. The van der Waals surface area contributed by atoms with Crippen LogP contribution in [0.25, 0.3) is 22.4 Å². The van der Waals surface area contributed by atoms with Crippen LogP contribution in [0.1, 0.15) is 16.1 Å². The molecule has 3 heterocycles. The highest BCUT2D eigenvalue weighted by Crippen LogP contribution is 2.32. The first-order valence-electron chi connectivity index (χ1n) is 10.4. The van der Waals surface area contributed by atoms with Crippen molar-refractivity contribution in [3.63, 3.8) is 0 Å². The van der Waals surface area contributed by atoms with Crippen LogP contribution in [0.2, 0.25) is 0 Å². The van der Waals surface area contributed by atoms with Crippen LogP contribution in [-0.2, 0) is 11.0 Å². The Morgan fingerprint density at radius 1 is 1.11 bits per heavy atom. The van der Waals surface area contributed by atoms with E-state index in [0.29, 0.717) is 27.3 Å². The molecule has 0 radical (unpaired) electrons. The lowest BCUT2D eigenvalue weighted by Crippen LogP contribution is -2.32. The van der Waals surface area contributed by atoms with Crippen LogP contribution in [0, 0.1) is 4.91 Å². The Labute approximate surface area is 206 Å². The van der Waals surface area contributed by atoms with E-state index < -0.39 is 23.7 Å². The first kappa shape index (κ1) is 24.7. The zero-order valence-electron chi connectivity index (χ0n) is 18.6. The van der Waals surface area contributed by atoms with Crippen LogP contribution >= 0.6 is 11.3 Å². The zero-order valence-corrected chi connectivity index (χ0v) is 19.4. The smallest absolute Gasteiger partial charge is 0.343 e. The van der Waals surface area contributed by atoms with Crippen molar-refractivity contribution in [3.05, 3.63) is 82.6 Å². The topological polar surface area (TPSA) is 109 Å². The third kappa shape index (κ3) is 5.81. The van der Waals surface area contributed by atoms with Crippen molar-refractivity contribution >= 4 is 28.3 Å². The minimum atomic E-state index is -4.55. The summed E-state index contributed by atoms with van der Waals surface area (Å²) in [4.78, 5) is 43.9. The second-order valence-corrected chi connectivity index (χ2v) is 8.38. The number of rotatable bonds is 7. The van der Waals surface area contributed by atoms with E-state index in [9.17, 15) is 27.7 Å². The summed E-state index contributed by atoms with van der Waals surface area (Å²) in [5.41, 5.74) is 1.32. The number of alkyl halides is 3. The van der Waals surface area contributed by atoms with E-state index in [0.717, 1.165) is 23.6 Å². The highest BCUT2D eigenvalue weighted by molar-refractivity contribution is 7.14. The Morgan fingerprint density at radius 2 is 1.86 bits per heavy atom. The van der Waals surface area contributed by atoms with Gasteiger partial charge >= 0.3 is 6.18 Å². The van der Waals surface area contributed by atoms with Crippen LogP contribution in [0.15, 0.2) is 66.4 Å². The molecule has 4 rings (SSSR count). The molecule has 0 aliphatic rings. The molecule has 184 valence electrons. The normalized spacial score (nSPS) is 11.2. The molecule has 0 aliphatic carbocycles. The number of halogens is 3. The molecule has 0 spiro atoms. The van der Waals surface area contributed by atoms with E-state index in [1.807, 2.05) is 0 Å². The highest BCUT2D eigenvalue weighted by Gasteiger charge is 2.32. The van der Waals surface area contributed by atoms with Gasteiger partial charge in [-0.3, -0.25) is 14.6 Å². The van der Waals surface area contributed by atoms with E-state index in [-0.39, 0.29) is 17.2 Å². The summed E-state index contributed by atoms with van der Waals surface area (Å²) in [5, 5.41) is 7.03. The van der Waals surface area contributed by atoms with Gasteiger partial charge in [0.15, 0.2) is 5.13 Å². The molecule has 0 bridgehead atoms. The molecule has 0 aliphatic heterocycles. The SMILES string of the molecule is C[N+](=O)n1ccc(C(=O)NCC(=O)Nc2nc(-c3cccc(-c4ccnc(C(F)(F)F)c4)c3)cs2)c1. The summed E-state index contributed by atoms with van der Waals surface area (Å²) >= 11 is 1.16. The third-order valence-electron chi connectivity index (χ3n) is 4.97. The Balaban J connectivity index is 1.40. The Kier molecular flexibility index (Phi) is 6.92. The summed E-state index contributed by atoms with van der Waals surface area (Å²) in [5.74, 6) is -1.03. The number of amides is 2. The van der Waals surface area contributed by atoms with E-state index in [4.69, 9.17) is 0 Å². The molecule has 4 aromatic rings. The molecule has 0 atom stereocenters. The average Bonchev–Trinajstić information content (AvgIpc) is 3.53. The molecule has 2 amide bonds. The number of benzene rings is 1. The van der Waals surface area contributed by atoms with E-state index in [1.165, 1.54) is 36.3 Å². The third-order valence-corrected chi connectivity index (χ3v) is 5.73. The first-order chi connectivity index (χ1) is 17.1. The second-order valence-electron chi connectivity index (χ2n) is 7.52. The molecule has 3 aromatic heterocycles. The van der Waals surface area contributed by atoms with E-state index in [2.05, 4.69) is 20.6 Å². The summed E-state index contributed by atoms with van der Waals surface area (Å²) in [6.07, 6.45) is -0.693. The second kappa shape index (κ2) is 10.1. The zero-order chi connectivity index (χ0) is 25.9. The van der Waals surface area contributed by atoms with Crippen molar-refractivity contribution < 1.29 is 27.6 Å². The van der Waals surface area contributed by atoms with Gasteiger partial charge in [-0.05, 0) is 35.4 Å². The lowest BCUT2D eigenvalue weighted by Gasteiger charge is -2.08. The van der Waals surface area contributed by atoms with Crippen LogP contribution in [0.4, 0.5) is 18.3 Å². The number of nitrogens with one attached hydrogen (secondary N) is 2. The van der Waals surface area contributed by atoms with Gasteiger partial charge in [-0.15, -0.1) is 11.3 Å². The number of pyridine rings is 1. The van der Waals surface area contributed by atoms with Gasteiger partial charge < -0.3 is 10.6 Å². The van der Waals surface area contributed by atoms with Gasteiger partial charge in [0.1, 0.15) is 10.6 Å². The molecular weight excluding hydrogens is 497 g/mol. The largest absolute Gasteiger partial charge is 0.433 e. The highest BCUT2D eigenvalue weighted by atomic mass is 32.1. The fraction of sp³-hybridized carbons (Fsp3) is 0.130. The maximum absolute atomic E-state index is 13.0. The summed E-state index contributed by atoms with van der Waals surface area (Å²) in [7, 11) is 1.27. The molecule has 36 heavy (non-hydrogen) atoms. The lowest BCUT2D eigenvalue weighted by atomic mass is 10.0. The Morgan fingerprint density at radius 3 is 2.58 bits per heavy atom.